The van der Waals surface area contributed by atoms with Gasteiger partial charge in [0, 0.05) is 76.5 Å². The summed E-state index contributed by atoms with van der Waals surface area (Å²) in [5, 5.41) is 8.39. The molecule has 7 nitrogen and oxygen atoms in total. The third kappa shape index (κ3) is 12.2. The molecule has 0 bridgehead atoms. The van der Waals surface area contributed by atoms with Gasteiger partial charge in [0.2, 0.25) is 11.8 Å². The van der Waals surface area contributed by atoms with Gasteiger partial charge in [0.1, 0.15) is 12.4 Å². The van der Waals surface area contributed by atoms with Crippen molar-refractivity contribution in [3.63, 3.8) is 0 Å². The minimum atomic E-state index is -4.38. The van der Waals surface area contributed by atoms with E-state index in [9.17, 15) is 35.9 Å². The second-order valence-electron chi connectivity index (χ2n) is 9.22. The lowest BCUT2D eigenvalue weighted by atomic mass is 10.0. The molecule has 0 aromatic heterocycles. The molecule has 2 rings (SSSR count). The van der Waals surface area contributed by atoms with Gasteiger partial charge in [-0.25, -0.2) is 13.2 Å². The van der Waals surface area contributed by atoms with E-state index in [2.05, 4.69) is 16.0 Å². The van der Waals surface area contributed by atoms with E-state index in [1.54, 1.807) is 21.0 Å². The van der Waals surface area contributed by atoms with Crippen molar-refractivity contribution in [3.05, 3.63) is 46.5 Å². The molecule has 1 atom stereocenters. The molecule has 0 aliphatic carbocycles. The second kappa shape index (κ2) is 16.2. The Kier molecular flexibility index (Phi) is 14.2. The first kappa shape index (κ1) is 34.1. The van der Waals surface area contributed by atoms with Crippen LogP contribution in [0.2, 0.25) is 0 Å². The minimum absolute atomic E-state index is 0.0155. The third-order valence-corrected chi connectivity index (χ3v) is 6.18. The molecule has 2 amide bonds. The molecule has 3 N–H and O–H groups in total. The van der Waals surface area contributed by atoms with E-state index in [-0.39, 0.29) is 56.3 Å². The van der Waals surface area contributed by atoms with Crippen molar-refractivity contribution in [2.45, 2.75) is 58.7 Å². The summed E-state index contributed by atoms with van der Waals surface area (Å²) in [4.78, 5) is 25.6. The number of halogens is 6. The molecule has 0 radical (unpaired) electrons. The number of likely N-dealkylation sites (N-methyl/N-ethyl adjacent to an activating group) is 1. The van der Waals surface area contributed by atoms with Crippen molar-refractivity contribution in [1.29, 1.82) is 0 Å². The Balaban J connectivity index is 0.000000956. The van der Waals surface area contributed by atoms with Gasteiger partial charge in [0.05, 0.1) is 0 Å². The summed E-state index contributed by atoms with van der Waals surface area (Å²) in [6.07, 6.45) is -3.25. The highest BCUT2D eigenvalue weighted by Gasteiger charge is 2.34. The van der Waals surface area contributed by atoms with Crippen molar-refractivity contribution < 1.29 is 35.9 Å². The summed E-state index contributed by atoms with van der Waals surface area (Å²) in [7, 11) is 3.18. The lowest BCUT2D eigenvalue weighted by molar-refractivity contribution is -0.142. The van der Waals surface area contributed by atoms with Crippen LogP contribution >= 0.6 is 0 Å². The van der Waals surface area contributed by atoms with Crippen LogP contribution < -0.4 is 16.0 Å². The number of hydrogen-bond acceptors (Lipinski definition) is 5. The molecule has 1 aromatic carbocycles. The smallest absolute Gasteiger partial charge is 0.390 e. The van der Waals surface area contributed by atoms with E-state index >= 15 is 0 Å². The second-order valence-corrected chi connectivity index (χ2v) is 9.22. The Morgan fingerprint density at radius 2 is 1.64 bits per heavy atom. The molecular formula is C26H39F6N5O2. The predicted octanol–water partition coefficient (Wildman–Crippen LogP) is 3.70. The van der Waals surface area contributed by atoms with Crippen molar-refractivity contribution in [1.82, 2.24) is 25.8 Å². The molecule has 0 spiro atoms. The molecule has 1 aromatic rings. The van der Waals surface area contributed by atoms with Gasteiger partial charge in [0.15, 0.2) is 11.6 Å². The van der Waals surface area contributed by atoms with E-state index in [0.29, 0.717) is 17.5 Å². The van der Waals surface area contributed by atoms with Crippen molar-refractivity contribution in [2.24, 2.45) is 0 Å². The Hall–Kier alpha value is -2.96. The van der Waals surface area contributed by atoms with Crippen LogP contribution in [-0.4, -0.2) is 80.7 Å². The fraction of sp³-hybridized carbons (Fsp3) is 0.615. The fourth-order valence-electron chi connectivity index (χ4n) is 4.00. The molecular weight excluding hydrogens is 528 g/mol. The van der Waals surface area contributed by atoms with Gasteiger partial charge >= 0.3 is 6.18 Å². The van der Waals surface area contributed by atoms with Crippen LogP contribution in [0.5, 0.6) is 0 Å². The molecule has 1 aliphatic rings. The zero-order valence-electron chi connectivity index (χ0n) is 23.1. The first-order valence-corrected chi connectivity index (χ1v) is 12.7. The molecule has 1 fully saturated rings. The number of nitrogens with zero attached hydrogens (tertiary/aromatic N) is 2. The molecule has 13 heteroatoms. The average Bonchev–Trinajstić information content (AvgIpc) is 3.06. The van der Waals surface area contributed by atoms with Crippen LogP contribution in [0.3, 0.4) is 0 Å². The maximum absolute atomic E-state index is 14.0. The monoisotopic (exact) mass is 567 g/mol. The molecule has 1 saturated heterocycles. The van der Waals surface area contributed by atoms with Crippen LogP contribution in [0.15, 0.2) is 23.5 Å². The Morgan fingerprint density at radius 3 is 2.15 bits per heavy atom. The van der Waals surface area contributed by atoms with Gasteiger partial charge < -0.3 is 25.8 Å². The summed E-state index contributed by atoms with van der Waals surface area (Å²) >= 11 is 0. The number of amides is 2. The third-order valence-electron chi connectivity index (χ3n) is 6.18. The lowest BCUT2D eigenvalue weighted by Crippen LogP contribution is -2.41. The SMILES string of the molecule is CCCNC(C)=O.CN/C(C)=C1/CCN(C(=O)CC(Cc2cc(F)c(F)cc2F)NC)CCN1CC(F)(F)F. The number of nitrogens with one attached hydrogen (secondary N) is 3. The molecule has 1 heterocycles. The first-order chi connectivity index (χ1) is 18.2. The Morgan fingerprint density at radius 1 is 1.00 bits per heavy atom. The topological polar surface area (TPSA) is 76.7 Å². The number of benzene rings is 1. The van der Waals surface area contributed by atoms with Crippen LogP contribution in [0, 0.1) is 17.5 Å². The highest BCUT2D eigenvalue weighted by molar-refractivity contribution is 5.77. The number of allylic oxidation sites excluding steroid dienone is 1. The Bertz CT molecular complexity index is 986. The van der Waals surface area contributed by atoms with Crippen molar-refractivity contribution >= 4 is 11.8 Å². The van der Waals surface area contributed by atoms with Crippen LogP contribution in [0.25, 0.3) is 0 Å². The maximum Gasteiger partial charge on any atom is 0.405 e. The van der Waals surface area contributed by atoms with Crippen LogP contribution in [0.1, 0.15) is 45.6 Å². The van der Waals surface area contributed by atoms with Gasteiger partial charge in [0.25, 0.3) is 0 Å². The minimum Gasteiger partial charge on any atom is -0.390 e. The predicted molar refractivity (Wildman–Crippen MR) is 137 cm³/mol. The van der Waals surface area contributed by atoms with E-state index in [4.69, 9.17) is 0 Å². The summed E-state index contributed by atoms with van der Waals surface area (Å²) in [6, 6.07) is 0.657. The zero-order chi connectivity index (χ0) is 29.8. The molecule has 1 aliphatic heterocycles. The summed E-state index contributed by atoms with van der Waals surface area (Å²) in [6.45, 7) is 5.27. The summed E-state index contributed by atoms with van der Waals surface area (Å²) < 4.78 is 79.7. The molecule has 39 heavy (non-hydrogen) atoms. The van der Waals surface area contributed by atoms with Crippen molar-refractivity contribution in [2.75, 3.05) is 46.8 Å². The number of hydrogen-bond donors (Lipinski definition) is 3. The standard InChI is InChI=1S/C21H28F6N4O.C5H11NO/c1-13(28-2)19-4-5-30(6-7-31(19)12-21(25,26)27)20(32)10-15(29-3)8-14-9-17(23)18(24)11-16(14)22;1-3-4-6-5(2)7/h9,11,15,28-29H,4-8,10,12H2,1-3H3;3-4H2,1-2H3,(H,6,7)/b19-13-;. The quantitative estimate of drug-likeness (QED) is 0.314. The number of rotatable bonds is 9. The van der Waals surface area contributed by atoms with E-state index in [1.165, 1.54) is 16.7 Å². The van der Waals surface area contributed by atoms with Crippen LogP contribution in [0.4, 0.5) is 26.3 Å². The number of carbonyl (C=O) groups is 2. The van der Waals surface area contributed by atoms with Gasteiger partial charge in [-0.2, -0.15) is 13.2 Å². The number of alkyl halides is 3. The Labute approximate surface area is 226 Å². The van der Waals surface area contributed by atoms with Gasteiger partial charge in [-0.15, -0.1) is 0 Å². The maximum atomic E-state index is 14.0. The average molecular weight is 568 g/mol. The van der Waals surface area contributed by atoms with Gasteiger partial charge in [-0.05, 0) is 38.4 Å². The highest BCUT2D eigenvalue weighted by Crippen LogP contribution is 2.25. The van der Waals surface area contributed by atoms with Crippen LogP contribution in [-0.2, 0) is 16.0 Å². The lowest BCUT2D eigenvalue weighted by Gasteiger charge is -2.28. The van der Waals surface area contributed by atoms with Gasteiger partial charge in [-0.1, -0.05) is 6.92 Å². The van der Waals surface area contributed by atoms with Gasteiger partial charge in [-0.3, -0.25) is 9.59 Å². The molecule has 0 saturated carbocycles. The van der Waals surface area contributed by atoms with E-state index in [0.717, 1.165) is 19.0 Å². The fourth-order valence-corrected chi connectivity index (χ4v) is 4.00. The summed E-state index contributed by atoms with van der Waals surface area (Å²) in [5.74, 6) is -3.65. The molecule has 222 valence electrons. The normalized spacial score (nSPS) is 16.1. The largest absolute Gasteiger partial charge is 0.405 e. The molecule has 1 unspecified atom stereocenters. The zero-order valence-corrected chi connectivity index (χ0v) is 23.1. The van der Waals surface area contributed by atoms with Crippen molar-refractivity contribution in [3.8, 4) is 0 Å². The van der Waals surface area contributed by atoms with E-state index in [1.807, 2.05) is 6.92 Å². The number of carbonyl (C=O) groups excluding carboxylic acids is 2. The first-order valence-electron chi connectivity index (χ1n) is 12.7. The highest BCUT2D eigenvalue weighted by atomic mass is 19.4. The van der Waals surface area contributed by atoms with E-state index < -0.39 is 36.2 Å². The summed E-state index contributed by atoms with van der Waals surface area (Å²) in [5.41, 5.74) is 1.03.